The molecule has 6 aromatic rings. The number of nitrogens with one attached hydrogen (secondary N) is 6. The average molecular weight is 640 g/mol. The Morgan fingerprint density at radius 3 is 1.43 bits per heavy atom. The second-order valence-electron chi connectivity index (χ2n) is 11.1. The average Bonchev–Trinajstić information content (AvgIpc) is 3.79. The molecule has 7 rings (SSSR count). The van der Waals surface area contributed by atoms with Gasteiger partial charge in [-0.15, -0.1) is 0 Å². The van der Waals surface area contributed by atoms with Crippen LogP contribution < -0.4 is 37.5 Å². The number of nitrogens with zero attached hydrogens (tertiary/aromatic N) is 1. The van der Waals surface area contributed by atoms with E-state index in [-0.39, 0.29) is 0 Å². The van der Waals surface area contributed by atoms with Crippen molar-refractivity contribution in [1.29, 1.82) is 0 Å². The van der Waals surface area contributed by atoms with Crippen LogP contribution in [0.5, 0.6) is 0 Å². The van der Waals surface area contributed by atoms with E-state index in [9.17, 15) is 13.2 Å². The van der Waals surface area contributed by atoms with Crippen LogP contribution in [0.2, 0.25) is 0 Å². The predicted octanol–water partition coefficient (Wildman–Crippen LogP) is 9.99. The molecule has 0 atom stereocenters. The van der Waals surface area contributed by atoms with Crippen molar-refractivity contribution in [3.63, 3.8) is 0 Å². The maximum atomic E-state index is 12.9. The van der Waals surface area contributed by atoms with E-state index in [1.54, 1.807) is 11.3 Å². The van der Waals surface area contributed by atoms with Crippen LogP contribution in [0.25, 0.3) is 21.5 Å². The summed E-state index contributed by atoms with van der Waals surface area (Å²) < 4.78 is 38.8. The monoisotopic (exact) mass is 639 g/mol. The van der Waals surface area contributed by atoms with Gasteiger partial charge < -0.3 is 26.6 Å². The largest absolute Gasteiger partial charge is 0.416 e. The SMILES string of the molecule is FC(F)(F)c1ccc(NNc2ccc(NNc3ccc(NNc4ccc(N5CCCC5)s4)c4ccccc34)c3ccccc23)cc1. The van der Waals surface area contributed by atoms with Crippen molar-refractivity contribution in [2.45, 2.75) is 19.0 Å². The molecule has 2 heterocycles. The first kappa shape index (κ1) is 29.4. The Labute approximate surface area is 268 Å². The molecule has 46 heavy (non-hydrogen) atoms. The third-order valence-electron chi connectivity index (χ3n) is 8.06. The lowest BCUT2D eigenvalue weighted by Crippen LogP contribution is -2.15. The number of thiophene rings is 1. The van der Waals surface area contributed by atoms with E-state index in [0.717, 1.165) is 74.5 Å². The molecule has 5 aromatic carbocycles. The van der Waals surface area contributed by atoms with Gasteiger partial charge in [0.2, 0.25) is 0 Å². The van der Waals surface area contributed by atoms with Gasteiger partial charge in [-0.1, -0.05) is 59.9 Å². The number of fused-ring (bicyclic) bond motifs is 2. The molecule has 1 aliphatic heterocycles. The van der Waals surface area contributed by atoms with Crippen LogP contribution in [0.3, 0.4) is 0 Å². The van der Waals surface area contributed by atoms with Crippen molar-refractivity contribution in [2.75, 3.05) is 50.5 Å². The summed E-state index contributed by atoms with van der Waals surface area (Å²) in [5, 5.41) is 6.38. The van der Waals surface area contributed by atoms with Gasteiger partial charge >= 0.3 is 6.18 Å². The van der Waals surface area contributed by atoms with Crippen LogP contribution in [0.1, 0.15) is 18.4 Å². The molecule has 1 fully saturated rings. The number of hydrogen-bond donors (Lipinski definition) is 6. The van der Waals surface area contributed by atoms with Gasteiger partial charge in [-0.2, -0.15) is 13.2 Å². The highest BCUT2D eigenvalue weighted by Gasteiger charge is 2.30. The van der Waals surface area contributed by atoms with Crippen molar-refractivity contribution in [2.24, 2.45) is 0 Å². The molecule has 6 N–H and O–H groups in total. The second kappa shape index (κ2) is 12.6. The van der Waals surface area contributed by atoms with E-state index < -0.39 is 11.7 Å². The molecule has 1 aromatic heterocycles. The van der Waals surface area contributed by atoms with Crippen molar-refractivity contribution in [3.05, 3.63) is 115 Å². The lowest BCUT2D eigenvalue weighted by atomic mass is 10.1. The van der Waals surface area contributed by atoms with Crippen LogP contribution >= 0.6 is 11.3 Å². The fourth-order valence-corrected chi connectivity index (χ4v) is 6.59. The minimum atomic E-state index is -4.37. The topological polar surface area (TPSA) is 75.4 Å². The van der Waals surface area contributed by atoms with E-state index in [4.69, 9.17) is 0 Å². The lowest BCUT2D eigenvalue weighted by molar-refractivity contribution is -0.137. The minimum absolute atomic E-state index is 0.517. The highest BCUT2D eigenvalue weighted by molar-refractivity contribution is 7.20. The van der Waals surface area contributed by atoms with Gasteiger partial charge in [0.15, 0.2) is 0 Å². The Kier molecular flexibility index (Phi) is 8.06. The standard InChI is InChI=1S/C35H32F3N7S/c36-35(37,38)23-11-13-24(14-12-23)39-40-29-15-16-30(26-8-2-1-7-25(26)29)41-42-31-17-18-32(28-10-4-3-9-27(28)31)43-44-33-19-20-34(46-33)45-21-5-6-22-45/h1-4,7-20,39-44H,5-6,21-22H2. The number of alkyl halides is 3. The van der Waals surface area contributed by atoms with E-state index in [0.29, 0.717) is 5.69 Å². The molecule has 0 radical (unpaired) electrons. The summed E-state index contributed by atoms with van der Waals surface area (Å²) in [6.07, 6.45) is -1.86. The van der Waals surface area contributed by atoms with E-state index >= 15 is 0 Å². The summed E-state index contributed by atoms with van der Waals surface area (Å²) in [5.41, 5.74) is 23.1. The molecule has 0 amide bonds. The fraction of sp³-hybridized carbons (Fsp3) is 0.143. The van der Waals surface area contributed by atoms with Crippen molar-refractivity contribution in [1.82, 2.24) is 0 Å². The minimum Gasteiger partial charge on any atom is -0.363 e. The zero-order valence-electron chi connectivity index (χ0n) is 24.7. The van der Waals surface area contributed by atoms with E-state index in [1.165, 1.54) is 30.0 Å². The van der Waals surface area contributed by atoms with Gasteiger partial charge in [0.25, 0.3) is 0 Å². The Morgan fingerprint density at radius 1 is 0.500 bits per heavy atom. The Balaban J connectivity index is 1.05. The molecule has 11 heteroatoms. The van der Waals surface area contributed by atoms with Crippen LogP contribution in [0.4, 0.5) is 51.6 Å². The molecular formula is C35H32F3N7S. The first-order chi connectivity index (χ1) is 22.4. The first-order valence-electron chi connectivity index (χ1n) is 15.0. The third kappa shape index (κ3) is 6.27. The van der Waals surface area contributed by atoms with Crippen LogP contribution in [-0.2, 0) is 6.18 Å². The van der Waals surface area contributed by atoms with Crippen LogP contribution in [-0.4, -0.2) is 13.1 Å². The molecule has 0 spiro atoms. The van der Waals surface area contributed by atoms with Gasteiger partial charge in [0.05, 0.1) is 39.0 Å². The maximum absolute atomic E-state index is 12.9. The highest BCUT2D eigenvalue weighted by atomic mass is 32.1. The first-order valence-corrected chi connectivity index (χ1v) is 15.9. The molecule has 0 bridgehead atoms. The molecule has 0 unspecified atom stereocenters. The Morgan fingerprint density at radius 2 is 0.957 bits per heavy atom. The Hall–Kier alpha value is -5.29. The number of rotatable bonds is 10. The van der Waals surface area contributed by atoms with Crippen molar-refractivity contribution < 1.29 is 13.2 Å². The van der Waals surface area contributed by atoms with Crippen molar-refractivity contribution in [3.8, 4) is 0 Å². The molecular weight excluding hydrogens is 607 g/mol. The van der Waals surface area contributed by atoms with Crippen LogP contribution in [0.15, 0.2) is 109 Å². The summed E-state index contributed by atoms with van der Waals surface area (Å²) in [5.74, 6) is 0. The number of hydrazine groups is 3. The van der Waals surface area contributed by atoms with Crippen LogP contribution in [0, 0.1) is 0 Å². The fourth-order valence-electron chi connectivity index (χ4n) is 5.68. The number of benzene rings is 5. The zero-order valence-corrected chi connectivity index (χ0v) is 25.5. The van der Waals surface area contributed by atoms with E-state index in [1.807, 2.05) is 60.7 Å². The molecule has 1 saturated heterocycles. The summed E-state index contributed by atoms with van der Waals surface area (Å²) in [6.45, 7) is 2.25. The molecule has 0 aliphatic carbocycles. The van der Waals surface area contributed by atoms with Crippen molar-refractivity contribution >= 4 is 71.3 Å². The normalized spacial score (nSPS) is 13.2. The summed E-state index contributed by atoms with van der Waals surface area (Å²) in [7, 11) is 0. The molecule has 0 saturated carbocycles. The highest BCUT2D eigenvalue weighted by Crippen LogP contribution is 2.35. The Bertz CT molecular complexity index is 1970. The summed E-state index contributed by atoms with van der Waals surface area (Å²) >= 11 is 1.75. The second-order valence-corrected chi connectivity index (χ2v) is 12.1. The molecule has 1 aliphatic rings. The smallest absolute Gasteiger partial charge is 0.363 e. The predicted molar refractivity (Wildman–Crippen MR) is 187 cm³/mol. The van der Waals surface area contributed by atoms with Gasteiger partial charge in [-0.3, -0.25) is 10.9 Å². The maximum Gasteiger partial charge on any atom is 0.416 e. The molecule has 234 valence electrons. The van der Waals surface area contributed by atoms with Gasteiger partial charge in [0.1, 0.15) is 5.00 Å². The van der Waals surface area contributed by atoms with Gasteiger partial charge in [0, 0.05) is 34.6 Å². The summed E-state index contributed by atoms with van der Waals surface area (Å²) in [4.78, 5) is 2.44. The van der Waals surface area contributed by atoms with Gasteiger partial charge in [-0.25, -0.2) is 0 Å². The molecule has 7 nitrogen and oxygen atoms in total. The number of hydrogen-bond acceptors (Lipinski definition) is 8. The summed E-state index contributed by atoms with van der Waals surface area (Å²) in [6, 6.07) is 33.3. The number of anilines is 7. The van der Waals surface area contributed by atoms with E-state index in [2.05, 4.69) is 61.7 Å². The quantitative estimate of drug-likeness (QED) is 0.0834. The zero-order chi connectivity index (χ0) is 31.5. The lowest BCUT2D eigenvalue weighted by Gasteiger charge is -2.18. The third-order valence-corrected chi connectivity index (χ3v) is 9.13. The number of halogens is 3. The van der Waals surface area contributed by atoms with Gasteiger partial charge in [-0.05, 0) is 73.5 Å².